The lowest BCUT2D eigenvalue weighted by Gasteiger charge is -2.22. The molecule has 24 heavy (non-hydrogen) atoms. The van der Waals surface area contributed by atoms with Gasteiger partial charge in [0.1, 0.15) is 5.52 Å². The molecule has 0 saturated carbocycles. The fourth-order valence-electron chi connectivity index (χ4n) is 2.85. The van der Waals surface area contributed by atoms with Crippen LogP contribution in [0.25, 0.3) is 11.0 Å². The lowest BCUT2D eigenvalue weighted by atomic mass is 10.1. The second-order valence-corrected chi connectivity index (χ2v) is 5.82. The highest BCUT2D eigenvalue weighted by atomic mass is 16.2. The first-order valence-corrected chi connectivity index (χ1v) is 8.39. The lowest BCUT2D eigenvalue weighted by Crippen LogP contribution is -2.31. The van der Waals surface area contributed by atoms with Crippen molar-refractivity contribution in [2.75, 3.05) is 6.54 Å². The zero-order valence-corrected chi connectivity index (χ0v) is 14.1. The molecule has 5 heteroatoms. The van der Waals surface area contributed by atoms with Crippen LogP contribution in [-0.2, 0) is 13.1 Å². The van der Waals surface area contributed by atoms with E-state index in [1.807, 2.05) is 65.0 Å². The van der Waals surface area contributed by atoms with Gasteiger partial charge in [0.15, 0.2) is 0 Å². The summed E-state index contributed by atoms with van der Waals surface area (Å²) in [6, 6.07) is 15.7. The van der Waals surface area contributed by atoms with E-state index in [0.29, 0.717) is 12.1 Å². The van der Waals surface area contributed by atoms with Crippen molar-refractivity contribution < 1.29 is 4.79 Å². The molecule has 3 rings (SSSR count). The molecule has 0 N–H and O–H groups in total. The molecule has 3 aromatic rings. The van der Waals surface area contributed by atoms with Crippen LogP contribution in [-0.4, -0.2) is 32.3 Å². The van der Waals surface area contributed by atoms with Crippen LogP contribution in [0.5, 0.6) is 0 Å². The predicted molar refractivity (Wildman–Crippen MR) is 94.7 cm³/mol. The highest BCUT2D eigenvalue weighted by Crippen LogP contribution is 2.16. The van der Waals surface area contributed by atoms with E-state index in [2.05, 4.69) is 17.2 Å². The van der Waals surface area contributed by atoms with Gasteiger partial charge in [0.25, 0.3) is 5.91 Å². The second-order valence-electron chi connectivity index (χ2n) is 5.82. The molecule has 0 spiro atoms. The van der Waals surface area contributed by atoms with Crippen LogP contribution in [0.3, 0.4) is 0 Å². The average Bonchev–Trinajstić information content (AvgIpc) is 3.04. The Morgan fingerprint density at radius 2 is 1.92 bits per heavy atom. The first-order valence-electron chi connectivity index (χ1n) is 8.39. The predicted octanol–water partition coefficient (Wildman–Crippen LogP) is 3.50. The third-order valence-electron chi connectivity index (χ3n) is 4.06. The number of benzene rings is 2. The smallest absolute Gasteiger partial charge is 0.254 e. The molecule has 0 radical (unpaired) electrons. The van der Waals surface area contributed by atoms with Gasteiger partial charge < -0.3 is 4.90 Å². The number of carbonyl (C=O) groups excluding carboxylic acids is 1. The summed E-state index contributed by atoms with van der Waals surface area (Å²) < 4.78 is 1.83. The van der Waals surface area contributed by atoms with Crippen molar-refractivity contribution in [3.05, 3.63) is 59.7 Å². The molecule has 2 aromatic carbocycles. The van der Waals surface area contributed by atoms with Gasteiger partial charge in [-0.2, -0.15) is 0 Å². The Kier molecular flexibility index (Phi) is 4.89. The van der Waals surface area contributed by atoms with Crippen molar-refractivity contribution in [2.24, 2.45) is 0 Å². The van der Waals surface area contributed by atoms with Gasteiger partial charge in [-0.05, 0) is 37.1 Å². The molecule has 0 atom stereocenters. The lowest BCUT2D eigenvalue weighted by molar-refractivity contribution is 0.0743. The van der Waals surface area contributed by atoms with Crippen molar-refractivity contribution in [3.63, 3.8) is 0 Å². The maximum atomic E-state index is 12.9. The summed E-state index contributed by atoms with van der Waals surface area (Å²) in [5.41, 5.74) is 3.52. The maximum Gasteiger partial charge on any atom is 0.254 e. The van der Waals surface area contributed by atoms with E-state index in [9.17, 15) is 4.79 Å². The van der Waals surface area contributed by atoms with Gasteiger partial charge in [0.2, 0.25) is 0 Å². The molecule has 0 aliphatic rings. The van der Waals surface area contributed by atoms with Gasteiger partial charge >= 0.3 is 0 Å². The number of hydrogen-bond acceptors (Lipinski definition) is 3. The first-order chi connectivity index (χ1) is 11.7. The molecule has 124 valence electrons. The van der Waals surface area contributed by atoms with Crippen molar-refractivity contribution >= 4 is 16.9 Å². The molecule has 1 amide bonds. The van der Waals surface area contributed by atoms with Crippen LogP contribution in [0.4, 0.5) is 0 Å². The molecule has 1 heterocycles. The van der Waals surface area contributed by atoms with Crippen LogP contribution in [0.2, 0.25) is 0 Å². The van der Waals surface area contributed by atoms with Crippen LogP contribution >= 0.6 is 0 Å². The molecular weight excluding hydrogens is 300 g/mol. The molecular formula is C19H22N4O. The number of rotatable bonds is 6. The molecule has 0 aliphatic carbocycles. The quantitative estimate of drug-likeness (QED) is 0.698. The number of amides is 1. The number of nitrogens with zero attached hydrogens (tertiary/aromatic N) is 4. The minimum Gasteiger partial charge on any atom is -0.334 e. The van der Waals surface area contributed by atoms with E-state index in [4.69, 9.17) is 0 Å². The Hall–Kier alpha value is -2.69. The Morgan fingerprint density at radius 3 is 2.62 bits per heavy atom. The van der Waals surface area contributed by atoms with Crippen molar-refractivity contribution in [3.8, 4) is 0 Å². The molecule has 1 aromatic heterocycles. The summed E-state index contributed by atoms with van der Waals surface area (Å²) in [4.78, 5) is 14.8. The Labute approximate surface area is 141 Å². The SMILES string of the molecule is CCCN(Cc1ccccc1)C(=O)c1ccc2c(c1)nnn2CC. The number of carbonyl (C=O) groups is 1. The van der Waals surface area contributed by atoms with E-state index in [0.717, 1.165) is 36.1 Å². The Balaban J connectivity index is 1.86. The standard InChI is InChI=1S/C19H22N4O/c1-3-12-22(14-15-8-6-5-7-9-15)19(24)16-10-11-18-17(13-16)20-21-23(18)4-2/h5-11,13H,3-4,12,14H2,1-2H3. The third-order valence-corrected chi connectivity index (χ3v) is 4.06. The Bertz CT molecular complexity index is 826. The van der Waals surface area contributed by atoms with Gasteiger partial charge in [-0.15, -0.1) is 5.10 Å². The molecule has 0 saturated heterocycles. The molecule has 0 unspecified atom stereocenters. The number of aromatic nitrogens is 3. The molecule has 5 nitrogen and oxygen atoms in total. The summed E-state index contributed by atoms with van der Waals surface area (Å²) in [7, 11) is 0. The molecule has 0 bridgehead atoms. The van der Waals surface area contributed by atoms with E-state index >= 15 is 0 Å². The summed E-state index contributed by atoms with van der Waals surface area (Å²) in [5, 5.41) is 8.27. The van der Waals surface area contributed by atoms with Gasteiger partial charge in [-0.1, -0.05) is 42.5 Å². The number of hydrogen-bond donors (Lipinski definition) is 0. The topological polar surface area (TPSA) is 51.0 Å². The maximum absolute atomic E-state index is 12.9. The second kappa shape index (κ2) is 7.25. The minimum absolute atomic E-state index is 0.0358. The summed E-state index contributed by atoms with van der Waals surface area (Å²) >= 11 is 0. The molecule has 0 aliphatic heterocycles. The van der Waals surface area contributed by atoms with Crippen LogP contribution in [0.1, 0.15) is 36.2 Å². The zero-order valence-electron chi connectivity index (χ0n) is 14.1. The average molecular weight is 322 g/mol. The zero-order chi connectivity index (χ0) is 16.9. The van der Waals surface area contributed by atoms with Crippen LogP contribution < -0.4 is 0 Å². The fourth-order valence-corrected chi connectivity index (χ4v) is 2.85. The van der Waals surface area contributed by atoms with Crippen molar-refractivity contribution in [1.29, 1.82) is 0 Å². The van der Waals surface area contributed by atoms with Crippen molar-refractivity contribution in [2.45, 2.75) is 33.4 Å². The fraction of sp³-hybridized carbons (Fsp3) is 0.316. The number of fused-ring (bicyclic) bond motifs is 1. The first kappa shape index (κ1) is 16.2. The highest BCUT2D eigenvalue weighted by molar-refractivity contribution is 5.97. The summed E-state index contributed by atoms with van der Waals surface area (Å²) in [5.74, 6) is 0.0358. The monoisotopic (exact) mass is 322 g/mol. The van der Waals surface area contributed by atoms with E-state index in [1.54, 1.807) is 0 Å². The van der Waals surface area contributed by atoms with Gasteiger partial charge in [-0.25, -0.2) is 4.68 Å². The highest BCUT2D eigenvalue weighted by Gasteiger charge is 2.17. The number of aryl methyl sites for hydroxylation is 1. The van der Waals surface area contributed by atoms with Crippen molar-refractivity contribution in [1.82, 2.24) is 19.9 Å². The Morgan fingerprint density at radius 1 is 1.12 bits per heavy atom. The van der Waals surface area contributed by atoms with Gasteiger partial charge in [-0.3, -0.25) is 4.79 Å². The van der Waals surface area contributed by atoms with Crippen LogP contribution in [0.15, 0.2) is 48.5 Å². The van der Waals surface area contributed by atoms with Gasteiger partial charge in [0.05, 0.1) is 5.52 Å². The van der Waals surface area contributed by atoms with E-state index in [-0.39, 0.29) is 5.91 Å². The van der Waals surface area contributed by atoms with Gasteiger partial charge in [0, 0.05) is 25.2 Å². The summed E-state index contributed by atoms with van der Waals surface area (Å²) in [6.07, 6.45) is 0.923. The van der Waals surface area contributed by atoms with Crippen LogP contribution in [0, 0.1) is 0 Å². The van der Waals surface area contributed by atoms with E-state index in [1.165, 1.54) is 0 Å². The largest absolute Gasteiger partial charge is 0.334 e. The summed E-state index contributed by atoms with van der Waals surface area (Å²) in [6.45, 7) is 6.22. The minimum atomic E-state index is 0.0358. The normalized spacial score (nSPS) is 10.9. The van der Waals surface area contributed by atoms with E-state index < -0.39 is 0 Å². The molecule has 0 fully saturated rings. The third kappa shape index (κ3) is 3.30.